The van der Waals surface area contributed by atoms with Crippen LogP contribution in [-0.2, 0) is 11.8 Å². The SMILES string of the molecule is CCNC(=O)C1CNCCN1c1nccn(C)c1=O. The van der Waals surface area contributed by atoms with Gasteiger partial charge in [0.2, 0.25) is 5.91 Å². The van der Waals surface area contributed by atoms with Crippen molar-refractivity contribution >= 4 is 11.7 Å². The number of anilines is 1. The van der Waals surface area contributed by atoms with Crippen molar-refractivity contribution in [3.8, 4) is 0 Å². The summed E-state index contributed by atoms with van der Waals surface area (Å²) in [5.74, 6) is 0.255. The van der Waals surface area contributed by atoms with Crippen LogP contribution in [0.3, 0.4) is 0 Å². The fraction of sp³-hybridized carbons (Fsp3) is 0.583. The molecule has 0 saturated carbocycles. The standard InChI is InChI=1S/C12H19N5O2/c1-3-14-11(18)9-8-13-4-7-17(9)10-12(19)16(2)6-5-15-10/h5-6,9,13H,3-4,7-8H2,1-2H3,(H,14,18). The molecule has 104 valence electrons. The summed E-state index contributed by atoms with van der Waals surface area (Å²) >= 11 is 0. The number of hydrogen-bond donors (Lipinski definition) is 2. The fourth-order valence-corrected chi connectivity index (χ4v) is 2.17. The summed E-state index contributed by atoms with van der Waals surface area (Å²) in [4.78, 5) is 30.1. The molecule has 1 fully saturated rings. The number of carbonyl (C=O) groups is 1. The van der Waals surface area contributed by atoms with E-state index in [0.29, 0.717) is 25.5 Å². The Balaban J connectivity index is 2.31. The number of nitrogens with one attached hydrogen (secondary N) is 2. The van der Waals surface area contributed by atoms with Crippen molar-refractivity contribution < 1.29 is 4.79 Å². The van der Waals surface area contributed by atoms with Crippen molar-refractivity contribution in [2.24, 2.45) is 7.05 Å². The highest BCUT2D eigenvalue weighted by Gasteiger charge is 2.30. The minimum Gasteiger partial charge on any atom is -0.355 e. The molecule has 1 aliphatic rings. The number of carbonyl (C=O) groups excluding carboxylic acids is 1. The number of rotatable bonds is 3. The van der Waals surface area contributed by atoms with Gasteiger partial charge in [0.15, 0.2) is 5.82 Å². The monoisotopic (exact) mass is 265 g/mol. The first-order valence-electron chi connectivity index (χ1n) is 6.42. The normalized spacial score (nSPS) is 19.3. The summed E-state index contributed by atoms with van der Waals surface area (Å²) in [6, 6.07) is -0.392. The Hall–Kier alpha value is -1.89. The van der Waals surface area contributed by atoms with E-state index in [2.05, 4.69) is 15.6 Å². The van der Waals surface area contributed by atoms with E-state index in [0.717, 1.165) is 6.54 Å². The van der Waals surface area contributed by atoms with Gasteiger partial charge in [-0.25, -0.2) is 4.98 Å². The predicted molar refractivity (Wildman–Crippen MR) is 72.2 cm³/mol. The molecule has 0 aliphatic carbocycles. The van der Waals surface area contributed by atoms with Gasteiger partial charge >= 0.3 is 0 Å². The lowest BCUT2D eigenvalue weighted by molar-refractivity contribution is -0.122. The van der Waals surface area contributed by atoms with Crippen LogP contribution in [0, 0.1) is 0 Å². The maximum atomic E-state index is 12.1. The molecule has 1 atom stereocenters. The van der Waals surface area contributed by atoms with Crippen LogP contribution in [0.2, 0.25) is 0 Å². The molecule has 0 bridgehead atoms. The summed E-state index contributed by atoms with van der Waals surface area (Å²) in [6.45, 7) is 4.29. The summed E-state index contributed by atoms with van der Waals surface area (Å²) in [7, 11) is 1.68. The number of aryl methyl sites for hydroxylation is 1. The molecule has 7 nitrogen and oxygen atoms in total. The lowest BCUT2D eigenvalue weighted by Gasteiger charge is -2.35. The molecular weight excluding hydrogens is 246 g/mol. The van der Waals surface area contributed by atoms with E-state index in [1.165, 1.54) is 4.57 Å². The lowest BCUT2D eigenvalue weighted by Crippen LogP contribution is -2.59. The van der Waals surface area contributed by atoms with E-state index < -0.39 is 6.04 Å². The Kier molecular flexibility index (Phi) is 4.16. The minimum absolute atomic E-state index is 0.0811. The van der Waals surface area contributed by atoms with Gasteiger partial charge in [0.25, 0.3) is 5.56 Å². The number of piperazine rings is 1. The van der Waals surface area contributed by atoms with E-state index in [1.807, 2.05) is 6.92 Å². The molecule has 2 rings (SSSR count). The number of hydrogen-bond acceptors (Lipinski definition) is 5. The third-order valence-electron chi connectivity index (χ3n) is 3.17. The zero-order valence-electron chi connectivity index (χ0n) is 11.2. The average Bonchev–Trinajstić information content (AvgIpc) is 2.42. The van der Waals surface area contributed by atoms with Crippen LogP contribution in [0.1, 0.15) is 6.92 Å². The van der Waals surface area contributed by atoms with Gasteiger partial charge in [-0.05, 0) is 6.92 Å². The molecule has 7 heteroatoms. The lowest BCUT2D eigenvalue weighted by atomic mass is 10.1. The molecule has 1 aromatic rings. The largest absolute Gasteiger partial charge is 0.355 e. The molecule has 0 spiro atoms. The molecule has 2 heterocycles. The van der Waals surface area contributed by atoms with Gasteiger partial charge in [-0.1, -0.05) is 0 Å². The van der Waals surface area contributed by atoms with Crippen molar-refractivity contribution in [2.45, 2.75) is 13.0 Å². The second-order valence-electron chi connectivity index (χ2n) is 4.47. The number of amides is 1. The zero-order chi connectivity index (χ0) is 13.8. The molecule has 1 amide bonds. The fourth-order valence-electron chi connectivity index (χ4n) is 2.17. The Morgan fingerprint density at radius 3 is 3.16 bits per heavy atom. The number of nitrogens with zero attached hydrogens (tertiary/aromatic N) is 3. The molecule has 0 radical (unpaired) electrons. The van der Waals surface area contributed by atoms with E-state index >= 15 is 0 Å². The maximum absolute atomic E-state index is 12.1. The highest BCUT2D eigenvalue weighted by atomic mass is 16.2. The van der Waals surface area contributed by atoms with Crippen LogP contribution in [0.4, 0.5) is 5.82 Å². The van der Waals surface area contributed by atoms with Gasteiger partial charge in [0.1, 0.15) is 6.04 Å². The van der Waals surface area contributed by atoms with Gasteiger partial charge in [0.05, 0.1) is 0 Å². The molecule has 0 aromatic carbocycles. The highest BCUT2D eigenvalue weighted by molar-refractivity contribution is 5.85. The van der Waals surface area contributed by atoms with Gasteiger partial charge in [-0.3, -0.25) is 9.59 Å². The topological polar surface area (TPSA) is 79.3 Å². The summed E-state index contributed by atoms with van der Waals surface area (Å²) < 4.78 is 1.47. The molecule has 1 saturated heterocycles. The van der Waals surface area contributed by atoms with Gasteiger partial charge in [0, 0.05) is 45.6 Å². The van der Waals surface area contributed by atoms with Crippen molar-refractivity contribution in [3.05, 3.63) is 22.7 Å². The van der Waals surface area contributed by atoms with Crippen LogP contribution in [0.5, 0.6) is 0 Å². The smallest absolute Gasteiger partial charge is 0.293 e. The molecule has 1 aromatic heterocycles. The van der Waals surface area contributed by atoms with Crippen LogP contribution in [0.25, 0.3) is 0 Å². The number of aromatic nitrogens is 2. The Morgan fingerprint density at radius 2 is 2.42 bits per heavy atom. The second-order valence-corrected chi connectivity index (χ2v) is 4.47. The molecule has 2 N–H and O–H groups in total. The Morgan fingerprint density at radius 1 is 1.63 bits per heavy atom. The molecular formula is C12H19N5O2. The summed E-state index contributed by atoms with van der Waals surface area (Å²) in [6.07, 6.45) is 3.18. The predicted octanol–water partition coefficient (Wildman–Crippen LogP) is -1.31. The quantitative estimate of drug-likeness (QED) is 0.710. The van der Waals surface area contributed by atoms with Crippen LogP contribution in [-0.4, -0.2) is 47.7 Å². The molecule has 1 unspecified atom stereocenters. The Bertz CT molecular complexity index is 513. The summed E-state index contributed by atoms with van der Waals surface area (Å²) in [5.41, 5.74) is -0.182. The third kappa shape index (κ3) is 2.76. The van der Waals surface area contributed by atoms with E-state index in [-0.39, 0.29) is 11.5 Å². The first-order chi connectivity index (χ1) is 9.15. The van der Waals surface area contributed by atoms with E-state index in [4.69, 9.17) is 0 Å². The zero-order valence-corrected chi connectivity index (χ0v) is 11.2. The Labute approximate surface area is 111 Å². The van der Waals surface area contributed by atoms with Gasteiger partial charge in [-0.2, -0.15) is 0 Å². The first-order valence-corrected chi connectivity index (χ1v) is 6.42. The number of likely N-dealkylation sites (N-methyl/N-ethyl adjacent to an activating group) is 1. The van der Waals surface area contributed by atoms with Crippen molar-refractivity contribution in [1.82, 2.24) is 20.2 Å². The third-order valence-corrected chi connectivity index (χ3v) is 3.17. The highest BCUT2D eigenvalue weighted by Crippen LogP contribution is 2.11. The minimum atomic E-state index is -0.392. The molecule has 19 heavy (non-hydrogen) atoms. The maximum Gasteiger partial charge on any atom is 0.293 e. The van der Waals surface area contributed by atoms with Crippen molar-refractivity contribution in [1.29, 1.82) is 0 Å². The van der Waals surface area contributed by atoms with Crippen LogP contribution < -0.4 is 21.1 Å². The second kappa shape index (κ2) is 5.83. The van der Waals surface area contributed by atoms with Crippen LogP contribution in [0.15, 0.2) is 17.2 Å². The van der Waals surface area contributed by atoms with Gasteiger partial charge < -0.3 is 20.1 Å². The first kappa shape index (κ1) is 13.5. The summed E-state index contributed by atoms with van der Waals surface area (Å²) in [5, 5.41) is 5.96. The van der Waals surface area contributed by atoms with Gasteiger partial charge in [-0.15, -0.1) is 0 Å². The average molecular weight is 265 g/mol. The van der Waals surface area contributed by atoms with E-state index in [1.54, 1.807) is 24.3 Å². The molecule has 1 aliphatic heterocycles. The van der Waals surface area contributed by atoms with E-state index in [9.17, 15) is 9.59 Å². The van der Waals surface area contributed by atoms with Crippen molar-refractivity contribution in [3.63, 3.8) is 0 Å². The van der Waals surface area contributed by atoms with Crippen molar-refractivity contribution in [2.75, 3.05) is 31.1 Å². The van der Waals surface area contributed by atoms with Crippen LogP contribution >= 0.6 is 0 Å².